The molecular weight excluding hydrogens is 350 g/mol. The molecule has 0 aromatic heterocycles. The molecule has 26 heavy (non-hydrogen) atoms. The maximum atomic E-state index is 12.4. The predicted octanol–water partition coefficient (Wildman–Crippen LogP) is 4.56. The summed E-state index contributed by atoms with van der Waals surface area (Å²) in [6.45, 7) is 4.44. The standard InChI is InChI=1S/C21H26ClNO3/c1-4-19(26-17-11-12-18(22)15(2)14-17)21(24)23-13-7-9-16-8-5-6-10-20(16)25-3/h5-6,8,10-12,14,19H,4,7,9,13H2,1-3H3,(H,23,24)/t19-/m0/s1. The molecule has 4 nitrogen and oxygen atoms in total. The Kier molecular flexibility index (Phi) is 7.79. The van der Waals surface area contributed by atoms with Gasteiger partial charge in [-0.05, 0) is 61.6 Å². The number of carbonyl (C=O) groups is 1. The van der Waals surface area contributed by atoms with Crippen LogP contribution in [0.5, 0.6) is 11.5 Å². The minimum Gasteiger partial charge on any atom is -0.496 e. The lowest BCUT2D eigenvalue weighted by Crippen LogP contribution is -2.38. The highest BCUT2D eigenvalue weighted by molar-refractivity contribution is 6.31. The van der Waals surface area contributed by atoms with Gasteiger partial charge in [-0.1, -0.05) is 36.7 Å². The van der Waals surface area contributed by atoms with Crippen LogP contribution in [0.25, 0.3) is 0 Å². The maximum Gasteiger partial charge on any atom is 0.261 e. The Morgan fingerprint density at radius 3 is 2.69 bits per heavy atom. The lowest BCUT2D eigenvalue weighted by molar-refractivity contribution is -0.128. The molecule has 2 aromatic carbocycles. The van der Waals surface area contributed by atoms with E-state index >= 15 is 0 Å². The molecule has 2 rings (SSSR count). The van der Waals surface area contributed by atoms with Crippen molar-refractivity contribution in [2.75, 3.05) is 13.7 Å². The van der Waals surface area contributed by atoms with Gasteiger partial charge in [-0.3, -0.25) is 4.79 Å². The van der Waals surface area contributed by atoms with Crippen molar-refractivity contribution in [2.45, 2.75) is 39.2 Å². The molecule has 2 aromatic rings. The molecule has 1 N–H and O–H groups in total. The van der Waals surface area contributed by atoms with Crippen LogP contribution in [0.1, 0.15) is 30.9 Å². The van der Waals surface area contributed by atoms with Crippen LogP contribution in [0, 0.1) is 6.92 Å². The van der Waals surface area contributed by atoms with E-state index in [4.69, 9.17) is 21.1 Å². The number of para-hydroxylation sites is 1. The second-order valence-electron chi connectivity index (χ2n) is 6.13. The van der Waals surface area contributed by atoms with Crippen LogP contribution < -0.4 is 14.8 Å². The van der Waals surface area contributed by atoms with Crippen molar-refractivity contribution in [3.8, 4) is 11.5 Å². The van der Waals surface area contributed by atoms with Gasteiger partial charge in [-0.25, -0.2) is 0 Å². The molecule has 0 aliphatic rings. The first-order valence-electron chi connectivity index (χ1n) is 8.87. The molecule has 0 aliphatic heterocycles. The summed E-state index contributed by atoms with van der Waals surface area (Å²) >= 11 is 6.03. The molecule has 0 saturated carbocycles. The molecule has 0 aliphatic carbocycles. The Labute approximate surface area is 160 Å². The number of amides is 1. The van der Waals surface area contributed by atoms with Gasteiger partial charge in [0.1, 0.15) is 11.5 Å². The average Bonchev–Trinajstić information content (AvgIpc) is 2.66. The van der Waals surface area contributed by atoms with Crippen molar-refractivity contribution in [2.24, 2.45) is 0 Å². The highest BCUT2D eigenvalue weighted by Crippen LogP contribution is 2.22. The van der Waals surface area contributed by atoms with E-state index in [0.717, 1.165) is 29.7 Å². The summed E-state index contributed by atoms with van der Waals surface area (Å²) < 4.78 is 11.2. The third-order valence-corrected chi connectivity index (χ3v) is 4.61. The first kappa shape index (κ1) is 20.1. The number of methoxy groups -OCH3 is 1. The third kappa shape index (κ3) is 5.67. The number of hydrogen-bond acceptors (Lipinski definition) is 3. The number of aryl methyl sites for hydroxylation is 2. The lowest BCUT2D eigenvalue weighted by Gasteiger charge is -2.18. The summed E-state index contributed by atoms with van der Waals surface area (Å²) in [6, 6.07) is 13.3. The van der Waals surface area contributed by atoms with Crippen LogP contribution in [0.15, 0.2) is 42.5 Å². The van der Waals surface area contributed by atoms with Crippen LogP contribution in [-0.2, 0) is 11.2 Å². The topological polar surface area (TPSA) is 47.6 Å². The first-order chi connectivity index (χ1) is 12.5. The van der Waals surface area contributed by atoms with E-state index in [-0.39, 0.29) is 5.91 Å². The quantitative estimate of drug-likeness (QED) is 0.653. The predicted molar refractivity (Wildman–Crippen MR) is 105 cm³/mol. The van der Waals surface area contributed by atoms with Gasteiger partial charge in [0.25, 0.3) is 5.91 Å². The Morgan fingerprint density at radius 2 is 2.00 bits per heavy atom. The summed E-state index contributed by atoms with van der Waals surface area (Å²) in [5.74, 6) is 1.44. The molecule has 0 spiro atoms. The molecule has 0 fully saturated rings. The molecule has 5 heteroatoms. The van der Waals surface area contributed by atoms with E-state index in [9.17, 15) is 4.79 Å². The summed E-state index contributed by atoms with van der Waals surface area (Å²) in [6.07, 6.45) is 1.77. The number of nitrogens with one attached hydrogen (secondary N) is 1. The van der Waals surface area contributed by atoms with E-state index in [0.29, 0.717) is 23.7 Å². The van der Waals surface area contributed by atoms with E-state index in [1.54, 1.807) is 19.2 Å². The van der Waals surface area contributed by atoms with Crippen LogP contribution in [0.4, 0.5) is 0 Å². The average molecular weight is 376 g/mol. The van der Waals surface area contributed by atoms with Gasteiger partial charge in [0.05, 0.1) is 7.11 Å². The van der Waals surface area contributed by atoms with Crippen LogP contribution in [-0.4, -0.2) is 25.7 Å². The zero-order valence-corrected chi connectivity index (χ0v) is 16.3. The highest BCUT2D eigenvalue weighted by Gasteiger charge is 2.18. The van der Waals surface area contributed by atoms with Gasteiger partial charge < -0.3 is 14.8 Å². The number of hydrogen-bond donors (Lipinski definition) is 1. The normalized spacial score (nSPS) is 11.7. The van der Waals surface area contributed by atoms with E-state index in [2.05, 4.69) is 5.32 Å². The molecule has 1 amide bonds. The van der Waals surface area contributed by atoms with Gasteiger partial charge in [0.2, 0.25) is 0 Å². The van der Waals surface area contributed by atoms with Gasteiger partial charge >= 0.3 is 0 Å². The Hall–Kier alpha value is -2.20. The minimum absolute atomic E-state index is 0.0971. The summed E-state index contributed by atoms with van der Waals surface area (Å²) in [4.78, 5) is 12.4. The van der Waals surface area contributed by atoms with Crippen LogP contribution >= 0.6 is 11.6 Å². The fraction of sp³-hybridized carbons (Fsp3) is 0.381. The van der Waals surface area contributed by atoms with Crippen molar-refractivity contribution in [3.05, 3.63) is 58.6 Å². The molecule has 1 atom stereocenters. The second kappa shape index (κ2) is 10.1. The Balaban J connectivity index is 1.82. The van der Waals surface area contributed by atoms with Crippen molar-refractivity contribution < 1.29 is 14.3 Å². The van der Waals surface area contributed by atoms with Crippen molar-refractivity contribution in [1.29, 1.82) is 0 Å². The van der Waals surface area contributed by atoms with Gasteiger partial charge in [-0.2, -0.15) is 0 Å². The van der Waals surface area contributed by atoms with Crippen LogP contribution in [0.2, 0.25) is 5.02 Å². The Bertz CT molecular complexity index is 733. The van der Waals surface area contributed by atoms with Gasteiger partial charge in [0, 0.05) is 11.6 Å². The zero-order valence-electron chi connectivity index (χ0n) is 15.5. The fourth-order valence-corrected chi connectivity index (χ4v) is 2.81. The summed E-state index contributed by atoms with van der Waals surface area (Å²) in [5.41, 5.74) is 2.07. The molecule has 0 saturated heterocycles. The molecule has 0 bridgehead atoms. The fourth-order valence-electron chi connectivity index (χ4n) is 2.69. The van der Waals surface area contributed by atoms with E-state index in [1.807, 2.05) is 44.2 Å². The molecule has 0 unspecified atom stereocenters. The number of halogens is 1. The second-order valence-corrected chi connectivity index (χ2v) is 6.54. The molecule has 0 radical (unpaired) electrons. The van der Waals surface area contributed by atoms with Gasteiger partial charge in [-0.15, -0.1) is 0 Å². The number of carbonyl (C=O) groups excluding carboxylic acids is 1. The zero-order chi connectivity index (χ0) is 18.9. The molecule has 0 heterocycles. The third-order valence-electron chi connectivity index (χ3n) is 4.19. The smallest absolute Gasteiger partial charge is 0.261 e. The summed E-state index contributed by atoms with van der Waals surface area (Å²) in [5, 5.41) is 3.64. The molecular formula is C21H26ClNO3. The summed E-state index contributed by atoms with van der Waals surface area (Å²) in [7, 11) is 1.67. The van der Waals surface area contributed by atoms with Crippen molar-refractivity contribution in [3.63, 3.8) is 0 Å². The van der Waals surface area contributed by atoms with Crippen molar-refractivity contribution >= 4 is 17.5 Å². The number of ether oxygens (including phenoxy) is 2. The van der Waals surface area contributed by atoms with Gasteiger partial charge in [0.15, 0.2) is 6.10 Å². The monoisotopic (exact) mass is 375 g/mol. The minimum atomic E-state index is -0.512. The number of benzene rings is 2. The highest BCUT2D eigenvalue weighted by atomic mass is 35.5. The van der Waals surface area contributed by atoms with E-state index in [1.165, 1.54) is 0 Å². The lowest BCUT2D eigenvalue weighted by atomic mass is 10.1. The Morgan fingerprint density at radius 1 is 1.23 bits per heavy atom. The molecule has 140 valence electrons. The number of rotatable bonds is 9. The largest absolute Gasteiger partial charge is 0.496 e. The van der Waals surface area contributed by atoms with Crippen LogP contribution in [0.3, 0.4) is 0 Å². The first-order valence-corrected chi connectivity index (χ1v) is 9.25. The SMILES string of the molecule is CC[C@H](Oc1ccc(Cl)c(C)c1)C(=O)NCCCc1ccccc1OC. The van der Waals surface area contributed by atoms with E-state index < -0.39 is 6.10 Å². The van der Waals surface area contributed by atoms with Crippen molar-refractivity contribution in [1.82, 2.24) is 5.32 Å². The maximum absolute atomic E-state index is 12.4.